The van der Waals surface area contributed by atoms with E-state index in [2.05, 4.69) is 4.90 Å². The van der Waals surface area contributed by atoms with E-state index in [1.807, 2.05) is 18.2 Å². The van der Waals surface area contributed by atoms with Crippen molar-refractivity contribution in [3.05, 3.63) is 69.5 Å². The molecular weight excluding hydrogens is 386 g/mol. The Hall–Kier alpha value is -1.62. The van der Waals surface area contributed by atoms with Crippen LogP contribution in [0.25, 0.3) is 0 Å². The fraction of sp³-hybridized carbons (Fsp3) is 0.381. The number of rotatable bonds is 5. The molecule has 0 bridgehead atoms. The van der Waals surface area contributed by atoms with Gasteiger partial charge in [0.25, 0.3) is 0 Å². The number of hydrogen-bond acceptors (Lipinski definition) is 2. The van der Waals surface area contributed by atoms with Crippen LogP contribution in [0.5, 0.6) is 0 Å². The van der Waals surface area contributed by atoms with Gasteiger partial charge in [0, 0.05) is 47.9 Å². The molecule has 0 aromatic heterocycles. The first kappa shape index (κ1) is 20.1. The van der Waals surface area contributed by atoms with Crippen LogP contribution >= 0.6 is 23.2 Å². The van der Waals surface area contributed by atoms with Crippen molar-refractivity contribution in [2.45, 2.75) is 25.9 Å². The number of carbonyl (C=O) groups excluding carboxylic acids is 1. The number of carbonyl (C=O) groups is 1. The van der Waals surface area contributed by atoms with Crippen molar-refractivity contribution < 1.29 is 9.18 Å². The van der Waals surface area contributed by atoms with Crippen molar-refractivity contribution in [3.63, 3.8) is 0 Å². The molecular formula is C21H23Cl2FN2O. The van der Waals surface area contributed by atoms with E-state index in [-0.39, 0.29) is 24.2 Å². The predicted octanol–water partition coefficient (Wildman–Crippen LogP) is 5.00. The van der Waals surface area contributed by atoms with Crippen molar-refractivity contribution in [2.24, 2.45) is 5.92 Å². The van der Waals surface area contributed by atoms with Crippen LogP contribution in [0.2, 0.25) is 10.0 Å². The van der Waals surface area contributed by atoms with Gasteiger partial charge >= 0.3 is 0 Å². The highest BCUT2D eigenvalue weighted by Gasteiger charge is 2.28. The second kappa shape index (κ2) is 9.05. The number of halogens is 3. The highest BCUT2D eigenvalue weighted by Crippen LogP contribution is 2.28. The quantitative estimate of drug-likeness (QED) is 0.694. The van der Waals surface area contributed by atoms with Crippen molar-refractivity contribution >= 4 is 29.1 Å². The summed E-state index contributed by atoms with van der Waals surface area (Å²) in [5.74, 6) is -0.333. The number of hydrogen-bond donors (Lipinski definition) is 0. The van der Waals surface area contributed by atoms with Crippen molar-refractivity contribution in [1.82, 2.24) is 9.80 Å². The van der Waals surface area contributed by atoms with Gasteiger partial charge in [0.2, 0.25) is 5.91 Å². The molecule has 0 N–H and O–H groups in total. The molecule has 2 aromatic carbocycles. The Morgan fingerprint density at radius 3 is 2.59 bits per heavy atom. The van der Waals surface area contributed by atoms with E-state index in [1.54, 1.807) is 30.1 Å². The summed E-state index contributed by atoms with van der Waals surface area (Å²) in [4.78, 5) is 16.7. The van der Waals surface area contributed by atoms with Gasteiger partial charge in [0.05, 0.1) is 5.92 Å². The van der Waals surface area contributed by atoms with Crippen LogP contribution in [-0.4, -0.2) is 35.8 Å². The zero-order valence-electron chi connectivity index (χ0n) is 15.3. The molecule has 1 aliphatic rings. The Bertz CT molecular complexity index is 794. The van der Waals surface area contributed by atoms with E-state index < -0.39 is 0 Å². The summed E-state index contributed by atoms with van der Waals surface area (Å²) in [6.45, 7) is 2.46. The molecule has 3 rings (SSSR count). The maximum absolute atomic E-state index is 13.9. The first-order valence-corrected chi connectivity index (χ1v) is 9.85. The molecule has 1 fully saturated rings. The minimum Gasteiger partial charge on any atom is -0.341 e. The Morgan fingerprint density at radius 1 is 1.19 bits per heavy atom. The molecule has 1 saturated heterocycles. The second-order valence-corrected chi connectivity index (χ2v) is 7.87. The van der Waals surface area contributed by atoms with Gasteiger partial charge in [-0.05, 0) is 37.6 Å². The Labute approximate surface area is 169 Å². The third-order valence-electron chi connectivity index (χ3n) is 5.04. The van der Waals surface area contributed by atoms with Crippen molar-refractivity contribution in [1.29, 1.82) is 0 Å². The monoisotopic (exact) mass is 408 g/mol. The normalized spacial score (nSPS) is 17.7. The lowest BCUT2D eigenvalue weighted by molar-refractivity contribution is -0.136. The highest BCUT2D eigenvalue weighted by atomic mass is 35.5. The third-order valence-corrected chi connectivity index (χ3v) is 5.75. The van der Waals surface area contributed by atoms with Gasteiger partial charge < -0.3 is 4.90 Å². The van der Waals surface area contributed by atoms with Crippen molar-refractivity contribution in [2.75, 3.05) is 20.1 Å². The number of amides is 1. The van der Waals surface area contributed by atoms with E-state index in [4.69, 9.17) is 23.2 Å². The molecule has 1 amide bonds. The fourth-order valence-electron chi connectivity index (χ4n) is 3.58. The summed E-state index contributed by atoms with van der Waals surface area (Å²) < 4.78 is 13.9. The second-order valence-electron chi connectivity index (χ2n) is 7.06. The average Bonchev–Trinajstić information content (AvgIpc) is 2.66. The SMILES string of the molecule is CN(Cc1ccccc1F)C(=O)[C@@H]1CCCN(Cc2c(Cl)cccc2Cl)C1. The van der Waals surface area contributed by atoms with Crippen molar-refractivity contribution in [3.8, 4) is 0 Å². The van der Waals surface area contributed by atoms with E-state index in [9.17, 15) is 9.18 Å². The van der Waals surface area contributed by atoms with Gasteiger partial charge in [0.1, 0.15) is 5.82 Å². The fourth-order valence-corrected chi connectivity index (χ4v) is 4.10. The Kier molecular flexibility index (Phi) is 6.74. The smallest absolute Gasteiger partial charge is 0.227 e. The standard InChI is InChI=1S/C21H23Cl2FN2O/c1-25(12-15-6-2-3-10-20(15)24)21(27)16-7-5-11-26(13-16)14-17-18(22)8-4-9-19(17)23/h2-4,6,8-10,16H,5,7,11-14H2,1H3/t16-/m1/s1. The van der Waals surface area contributed by atoms with Gasteiger partial charge in [-0.3, -0.25) is 9.69 Å². The summed E-state index contributed by atoms with van der Waals surface area (Å²) in [7, 11) is 1.73. The summed E-state index contributed by atoms with van der Waals surface area (Å²) in [5.41, 5.74) is 1.43. The van der Waals surface area contributed by atoms with Crippen LogP contribution in [0.3, 0.4) is 0 Å². The number of benzene rings is 2. The third kappa shape index (κ3) is 5.01. The van der Waals surface area contributed by atoms with Gasteiger partial charge in [-0.15, -0.1) is 0 Å². The molecule has 0 radical (unpaired) electrons. The summed E-state index contributed by atoms with van der Waals surface area (Å²) in [6, 6.07) is 12.1. The minimum absolute atomic E-state index is 0.0493. The molecule has 27 heavy (non-hydrogen) atoms. The lowest BCUT2D eigenvalue weighted by Gasteiger charge is -2.34. The minimum atomic E-state index is -0.282. The molecule has 1 aliphatic heterocycles. The molecule has 0 spiro atoms. The van der Waals surface area contributed by atoms with Crippen LogP contribution < -0.4 is 0 Å². The predicted molar refractivity (Wildman–Crippen MR) is 107 cm³/mol. The lowest BCUT2D eigenvalue weighted by Crippen LogP contribution is -2.43. The van der Waals surface area contributed by atoms with Crippen LogP contribution in [-0.2, 0) is 17.9 Å². The largest absolute Gasteiger partial charge is 0.341 e. The molecule has 0 saturated carbocycles. The lowest BCUT2D eigenvalue weighted by atomic mass is 9.96. The molecule has 6 heteroatoms. The van der Waals surface area contributed by atoms with Crippen LogP contribution in [0.1, 0.15) is 24.0 Å². The van der Waals surface area contributed by atoms with Crippen LogP contribution in [0.15, 0.2) is 42.5 Å². The topological polar surface area (TPSA) is 23.6 Å². The molecule has 1 atom stereocenters. The Morgan fingerprint density at radius 2 is 1.89 bits per heavy atom. The number of likely N-dealkylation sites (tertiary alicyclic amines) is 1. The van der Waals surface area contributed by atoms with E-state index >= 15 is 0 Å². The van der Waals surface area contributed by atoms with E-state index in [1.165, 1.54) is 6.07 Å². The van der Waals surface area contributed by atoms with Gasteiger partial charge in [-0.25, -0.2) is 4.39 Å². The molecule has 1 heterocycles. The zero-order valence-corrected chi connectivity index (χ0v) is 16.8. The maximum Gasteiger partial charge on any atom is 0.227 e. The molecule has 3 nitrogen and oxygen atoms in total. The maximum atomic E-state index is 13.9. The van der Waals surface area contributed by atoms with E-state index in [0.29, 0.717) is 28.7 Å². The number of nitrogens with zero attached hydrogens (tertiary/aromatic N) is 2. The first-order valence-electron chi connectivity index (χ1n) is 9.09. The molecule has 0 unspecified atom stereocenters. The summed E-state index contributed by atoms with van der Waals surface area (Å²) in [6.07, 6.45) is 1.78. The van der Waals surface area contributed by atoms with Crippen LogP contribution in [0.4, 0.5) is 4.39 Å². The van der Waals surface area contributed by atoms with Gasteiger partial charge in [0.15, 0.2) is 0 Å². The molecule has 144 valence electrons. The van der Waals surface area contributed by atoms with Crippen LogP contribution in [0, 0.1) is 11.7 Å². The van der Waals surface area contributed by atoms with Gasteiger partial charge in [-0.2, -0.15) is 0 Å². The molecule has 0 aliphatic carbocycles. The average molecular weight is 409 g/mol. The zero-order chi connectivity index (χ0) is 19.4. The highest BCUT2D eigenvalue weighted by molar-refractivity contribution is 6.35. The summed E-state index contributed by atoms with van der Waals surface area (Å²) in [5, 5.41) is 1.29. The Balaban J connectivity index is 1.63. The van der Waals surface area contributed by atoms with Gasteiger partial charge in [-0.1, -0.05) is 47.5 Å². The first-order chi connectivity index (χ1) is 13.0. The number of piperidine rings is 1. The summed E-state index contributed by atoms with van der Waals surface area (Å²) >= 11 is 12.6. The molecule has 2 aromatic rings. The van der Waals surface area contributed by atoms with E-state index in [0.717, 1.165) is 24.9 Å².